The summed E-state index contributed by atoms with van der Waals surface area (Å²) in [5.41, 5.74) is 0.923. The summed E-state index contributed by atoms with van der Waals surface area (Å²) in [5, 5.41) is 14.2. The van der Waals surface area contributed by atoms with Crippen LogP contribution in [0, 0.1) is 28.9 Å². The molecule has 0 aliphatic carbocycles. The molecule has 1 N–H and O–H groups in total. The van der Waals surface area contributed by atoms with E-state index in [1.807, 2.05) is 0 Å². The third-order valence-corrected chi connectivity index (χ3v) is 6.51. The summed E-state index contributed by atoms with van der Waals surface area (Å²) < 4.78 is 0. The Kier molecular flexibility index (Phi) is 7.64. The van der Waals surface area contributed by atoms with Gasteiger partial charge in [-0.25, -0.2) is 0 Å². The van der Waals surface area contributed by atoms with E-state index < -0.39 is 4.92 Å². The zero-order chi connectivity index (χ0) is 22.5. The van der Waals surface area contributed by atoms with Gasteiger partial charge in [0.1, 0.15) is 0 Å². The van der Waals surface area contributed by atoms with Crippen LogP contribution in [0.3, 0.4) is 0 Å². The van der Waals surface area contributed by atoms with Crippen molar-refractivity contribution in [3.05, 3.63) is 39.4 Å². The summed E-state index contributed by atoms with van der Waals surface area (Å²) in [6.07, 6.45) is 3.56. The van der Waals surface area contributed by atoms with Crippen LogP contribution in [0.2, 0.25) is 0 Å². The number of nitrogens with zero attached hydrogens (tertiary/aromatic N) is 3. The highest BCUT2D eigenvalue weighted by molar-refractivity contribution is 5.95. The summed E-state index contributed by atoms with van der Waals surface area (Å²) in [4.78, 5) is 40.1. The summed E-state index contributed by atoms with van der Waals surface area (Å²) in [5.74, 6) is 0.611. The van der Waals surface area contributed by atoms with Crippen molar-refractivity contribution >= 4 is 17.5 Å². The van der Waals surface area contributed by atoms with Gasteiger partial charge in [-0.05, 0) is 57.7 Å². The maximum atomic E-state index is 12.8. The van der Waals surface area contributed by atoms with Crippen LogP contribution in [-0.2, 0) is 4.79 Å². The van der Waals surface area contributed by atoms with Crippen molar-refractivity contribution in [2.75, 3.05) is 32.7 Å². The monoisotopic (exact) mass is 430 g/mol. The first-order valence-corrected chi connectivity index (χ1v) is 11.3. The second-order valence-corrected chi connectivity index (χ2v) is 9.23. The summed E-state index contributed by atoms with van der Waals surface area (Å²) in [6.45, 7) is 9.75. The van der Waals surface area contributed by atoms with Crippen molar-refractivity contribution in [3.63, 3.8) is 0 Å². The predicted octanol–water partition coefficient (Wildman–Crippen LogP) is 2.99. The molecule has 1 aromatic rings. The molecule has 170 valence electrons. The fraction of sp³-hybridized carbons (Fsp3) is 0.652. The van der Waals surface area contributed by atoms with E-state index in [1.165, 1.54) is 6.07 Å². The molecule has 1 aromatic carbocycles. The molecule has 0 bridgehead atoms. The molecule has 2 aliphatic rings. The Balaban J connectivity index is 1.48. The minimum absolute atomic E-state index is 0.0129. The molecule has 0 aromatic heterocycles. The normalized spacial score (nSPS) is 18.9. The van der Waals surface area contributed by atoms with Gasteiger partial charge in [-0.1, -0.05) is 19.9 Å². The third kappa shape index (κ3) is 5.81. The fourth-order valence-corrected chi connectivity index (χ4v) is 4.53. The lowest BCUT2D eigenvalue weighted by molar-refractivity contribution is -0.385. The van der Waals surface area contributed by atoms with Crippen LogP contribution in [0.4, 0.5) is 5.69 Å². The standard InChI is InChI=1S/C23H34N4O4/c1-16(2)15-24-22(28)18-6-10-25(11-7-18)20-8-12-26(13-9-20)23(29)19-5-4-17(3)21(14-19)27(30)31/h4-5,14,16,18,20H,6-13,15H2,1-3H3,(H,24,28). The second-order valence-electron chi connectivity index (χ2n) is 9.23. The molecule has 8 nitrogen and oxygen atoms in total. The third-order valence-electron chi connectivity index (χ3n) is 6.51. The Labute approximate surface area is 184 Å². The fourth-order valence-electron chi connectivity index (χ4n) is 4.53. The van der Waals surface area contributed by atoms with Crippen LogP contribution >= 0.6 is 0 Å². The smallest absolute Gasteiger partial charge is 0.273 e. The lowest BCUT2D eigenvalue weighted by atomic mass is 9.92. The lowest BCUT2D eigenvalue weighted by Gasteiger charge is -2.41. The van der Waals surface area contributed by atoms with E-state index in [2.05, 4.69) is 24.1 Å². The molecule has 31 heavy (non-hydrogen) atoms. The van der Waals surface area contributed by atoms with Crippen LogP contribution in [0.5, 0.6) is 0 Å². The highest BCUT2D eigenvalue weighted by Crippen LogP contribution is 2.26. The first-order chi connectivity index (χ1) is 14.8. The molecule has 2 amide bonds. The molecule has 0 saturated carbocycles. The van der Waals surface area contributed by atoms with Gasteiger partial charge in [0.2, 0.25) is 5.91 Å². The molecule has 0 radical (unpaired) electrons. The Hall–Kier alpha value is -2.48. The molecule has 2 heterocycles. The van der Waals surface area contributed by atoms with E-state index in [0.29, 0.717) is 36.2 Å². The van der Waals surface area contributed by atoms with Crippen molar-refractivity contribution < 1.29 is 14.5 Å². The molecule has 0 spiro atoms. The molecular formula is C23H34N4O4. The molecule has 3 rings (SSSR count). The Bertz CT molecular complexity index is 810. The first kappa shape index (κ1) is 23.2. The maximum absolute atomic E-state index is 12.8. The van der Waals surface area contributed by atoms with Crippen LogP contribution < -0.4 is 5.32 Å². The Morgan fingerprint density at radius 3 is 2.35 bits per heavy atom. The number of benzene rings is 1. The first-order valence-electron chi connectivity index (χ1n) is 11.3. The largest absolute Gasteiger partial charge is 0.356 e. The van der Waals surface area contributed by atoms with Crippen LogP contribution in [-0.4, -0.2) is 65.3 Å². The highest BCUT2D eigenvalue weighted by atomic mass is 16.6. The van der Waals surface area contributed by atoms with E-state index >= 15 is 0 Å². The number of carbonyl (C=O) groups is 2. The van der Waals surface area contributed by atoms with Gasteiger partial charge in [0, 0.05) is 48.8 Å². The van der Waals surface area contributed by atoms with Crippen LogP contribution in [0.15, 0.2) is 18.2 Å². The summed E-state index contributed by atoms with van der Waals surface area (Å²) >= 11 is 0. The van der Waals surface area contributed by atoms with Crippen molar-refractivity contribution in [2.24, 2.45) is 11.8 Å². The number of carbonyl (C=O) groups excluding carboxylic acids is 2. The number of rotatable bonds is 6. The minimum atomic E-state index is -0.439. The number of hydrogen-bond donors (Lipinski definition) is 1. The predicted molar refractivity (Wildman–Crippen MR) is 119 cm³/mol. The average molecular weight is 431 g/mol. The lowest BCUT2D eigenvalue weighted by Crippen LogP contribution is -2.50. The topological polar surface area (TPSA) is 95.8 Å². The molecule has 2 saturated heterocycles. The molecule has 8 heteroatoms. The van der Waals surface area contributed by atoms with E-state index in [4.69, 9.17) is 0 Å². The van der Waals surface area contributed by atoms with E-state index in [0.717, 1.165) is 45.3 Å². The number of nitro benzene ring substituents is 1. The maximum Gasteiger partial charge on any atom is 0.273 e. The number of amides is 2. The number of hydrogen-bond acceptors (Lipinski definition) is 5. The Morgan fingerprint density at radius 2 is 1.77 bits per heavy atom. The quantitative estimate of drug-likeness (QED) is 0.553. The molecule has 2 fully saturated rings. The molecular weight excluding hydrogens is 396 g/mol. The van der Waals surface area contributed by atoms with Gasteiger partial charge in [-0.2, -0.15) is 0 Å². The second kappa shape index (κ2) is 10.2. The van der Waals surface area contributed by atoms with E-state index in [1.54, 1.807) is 24.0 Å². The highest BCUT2D eigenvalue weighted by Gasteiger charge is 2.32. The minimum Gasteiger partial charge on any atom is -0.356 e. The zero-order valence-corrected chi connectivity index (χ0v) is 18.8. The number of nitrogens with one attached hydrogen (secondary N) is 1. The van der Waals surface area contributed by atoms with Crippen LogP contribution in [0.1, 0.15) is 55.5 Å². The number of piperidine rings is 2. The van der Waals surface area contributed by atoms with Gasteiger partial charge in [0.25, 0.3) is 11.6 Å². The van der Waals surface area contributed by atoms with Gasteiger partial charge in [-0.15, -0.1) is 0 Å². The van der Waals surface area contributed by atoms with Gasteiger partial charge < -0.3 is 15.1 Å². The zero-order valence-electron chi connectivity index (χ0n) is 18.8. The van der Waals surface area contributed by atoms with E-state index in [9.17, 15) is 19.7 Å². The molecule has 2 aliphatic heterocycles. The van der Waals surface area contributed by atoms with Crippen molar-refractivity contribution in [1.82, 2.24) is 15.1 Å². The van der Waals surface area contributed by atoms with E-state index in [-0.39, 0.29) is 23.4 Å². The SMILES string of the molecule is Cc1ccc(C(=O)N2CCC(N3CCC(C(=O)NCC(C)C)CC3)CC2)cc1[N+](=O)[O-]. The van der Waals surface area contributed by atoms with Gasteiger partial charge in [0.05, 0.1) is 4.92 Å². The number of nitro groups is 1. The number of likely N-dealkylation sites (tertiary alicyclic amines) is 2. The average Bonchev–Trinajstić information content (AvgIpc) is 2.77. The van der Waals surface area contributed by atoms with Crippen molar-refractivity contribution in [2.45, 2.75) is 52.5 Å². The van der Waals surface area contributed by atoms with Crippen LogP contribution in [0.25, 0.3) is 0 Å². The van der Waals surface area contributed by atoms with Gasteiger partial charge >= 0.3 is 0 Å². The molecule has 0 atom stereocenters. The van der Waals surface area contributed by atoms with Crippen molar-refractivity contribution in [3.8, 4) is 0 Å². The summed E-state index contributed by atoms with van der Waals surface area (Å²) in [6, 6.07) is 5.13. The molecule has 0 unspecified atom stereocenters. The Morgan fingerprint density at radius 1 is 1.13 bits per heavy atom. The summed E-state index contributed by atoms with van der Waals surface area (Å²) in [7, 11) is 0. The number of aryl methyl sites for hydroxylation is 1. The van der Waals surface area contributed by atoms with Crippen molar-refractivity contribution in [1.29, 1.82) is 0 Å². The van der Waals surface area contributed by atoms with Gasteiger partial charge in [-0.3, -0.25) is 19.7 Å². The van der Waals surface area contributed by atoms with Gasteiger partial charge in [0.15, 0.2) is 0 Å².